The van der Waals surface area contributed by atoms with E-state index in [1.807, 2.05) is 18.2 Å². The van der Waals surface area contributed by atoms with E-state index in [2.05, 4.69) is 10.1 Å². The highest BCUT2D eigenvalue weighted by Crippen LogP contribution is 2.06. The number of esters is 1. The van der Waals surface area contributed by atoms with Gasteiger partial charge in [-0.05, 0) is 18.6 Å². The van der Waals surface area contributed by atoms with Crippen LogP contribution in [-0.2, 0) is 14.3 Å². The maximum absolute atomic E-state index is 11.5. The highest BCUT2D eigenvalue weighted by Gasteiger charge is 2.13. The van der Waals surface area contributed by atoms with Gasteiger partial charge in [-0.25, -0.2) is 9.59 Å². The second-order valence-electron chi connectivity index (χ2n) is 3.31. The average molecular weight is 249 g/mol. The zero-order valence-electron chi connectivity index (χ0n) is 10.3. The molecule has 0 bridgehead atoms. The van der Waals surface area contributed by atoms with Crippen molar-refractivity contribution in [1.82, 2.24) is 5.32 Å². The van der Waals surface area contributed by atoms with Crippen LogP contribution in [-0.4, -0.2) is 25.8 Å². The number of hydrogen-bond donors (Lipinski definition) is 1. The van der Waals surface area contributed by atoms with E-state index in [1.165, 1.54) is 13.2 Å². The first-order chi connectivity index (χ1) is 8.67. The van der Waals surface area contributed by atoms with E-state index in [0.717, 1.165) is 5.56 Å². The second kappa shape index (κ2) is 7.11. The lowest BCUT2D eigenvalue weighted by Crippen LogP contribution is -2.28. The normalized spacial score (nSPS) is 10.7. The Balaban J connectivity index is 2.88. The molecule has 1 rings (SSSR count). The average Bonchev–Trinajstić information content (AvgIpc) is 2.38. The Morgan fingerprint density at radius 2 is 1.94 bits per heavy atom. The van der Waals surface area contributed by atoms with Crippen molar-refractivity contribution in [3.63, 3.8) is 0 Å². The minimum absolute atomic E-state index is 0.0298. The molecule has 5 heteroatoms. The number of nitrogens with one attached hydrogen (secondary N) is 1. The lowest BCUT2D eigenvalue weighted by molar-refractivity contribution is -0.136. The van der Waals surface area contributed by atoms with Crippen molar-refractivity contribution in [3.8, 4) is 0 Å². The van der Waals surface area contributed by atoms with Gasteiger partial charge in [-0.1, -0.05) is 30.3 Å². The Kier molecular flexibility index (Phi) is 5.44. The molecule has 5 nitrogen and oxygen atoms in total. The van der Waals surface area contributed by atoms with Crippen LogP contribution in [0.2, 0.25) is 0 Å². The molecule has 1 aromatic carbocycles. The Labute approximate surface area is 105 Å². The standard InChI is InChI=1S/C13H15NO4/c1-3-18-13(16)14-11(12(15)17-2)9-10-7-5-4-6-8-10/h4-9H,3H2,1-2H3,(H,14,16)/b11-9-. The molecule has 0 unspecified atom stereocenters. The largest absolute Gasteiger partial charge is 0.464 e. The molecule has 1 N–H and O–H groups in total. The van der Waals surface area contributed by atoms with Crippen LogP contribution < -0.4 is 5.32 Å². The maximum Gasteiger partial charge on any atom is 0.411 e. The molecule has 0 saturated carbocycles. The molecule has 0 aliphatic carbocycles. The quantitative estimate of drug-likeness (QED) is 0.654. The molecule has 0 saturated heterocycles. The minimum Gasteiger partial charge on any atom is -0.464 e. The zero-order chi connectivity index (χ0) is 13.4. The Morgan fingerprint density at radius 1 is 1.28 bits per heavy atom. The lowest BCUT2D eigenvalue weighted by atomic mass is 10.2. The van der Waals surface area contributed by atoms with Crippen LogP contribution in [0, 0.1) is 0 Å². The number of methoxy groups -OCH3 is 1. The van der Waals surface area contributed by atoms with Crippen LogP contribution in [0.4, 0.5) is 4.79 Å². The summed E-state index contributed by atoms with van der Waals surface area (Å²) in [6.45, 7) is 1.91. The van der Waals surface area contributed by atoms with Gasteiger partial charge in [-0.15, -0.1) is 0 Å². The second-order valence-corrected chi connectivity index (χ2v) is 3.31. The van der Waals surface area contributed by atoms with Gasteiger partial charge in [0.2, 0.25) is 0 Å². The summed E-state index contributed by atoms with van der Waals surface area (Å²) in [5.74, 6) is -0.632. The number of hydrogen-bond acceptors (Lipinski definition) is 4. The molecule has 0 radical (unpaired) electrons. The van der Waals surface area contributed by atoms with Crippen LogP contribution in [0.3, 0.4) is 0 Å². The number of carbonyl (C=O) groups is 2. The van der Waals surface area contributed by atoms with Crippen molar-refractivity contribution in [1.29, 1.82) is 0 Å². The van der Waals surface area contributed by atoms with Crippen molar-refractivity contribution in [3.05, 3.63) is 41.6 Å². The van der Waals surface area contributed by atoms with Crippen molar-refractivity contribution in [2.24, 2.45) is 0 Å². The molecule has 0 aliphatic heterocycles. The van der Waals surface area contributed by atoms with Gasteiger partial charge in [0.1, 0.15) is 5.70 Å². The van der Waals surface area contributed by atoms with Crippen LogP contribution in [0.1, 0.15) is 12.5 Å². The number of ether oxygens (including phenoxy) is 2. The van der Waals surface area contributed by atoms with Crippen LogP contribution >= 0.6 is 0 Å². The highest BCUT2D eigenvalue weighted by molar-refractivity contribution is 5.96. The fourth-order valence-electron chi connectivity index (χ4n) is 1.25. The third-order valence-electron chi connectivity index (χ3n) is 2.03. The van der Waals surface area contributed by atoms with Crippen LogP contribution in [0.15, 0.2) is 36.0 Å². The third kappa shape index (κ3) is 4.29. The van der Waals surface area contributed by atoms with E-state index in [0.29, 0.717) is 0 Å². The van der Waals surface area contributed by atoms with E-state index < -0.39 is 12.1 Å². The van der Waals surface area contributed by atoms with Gasteiger partial charge in [0.25, 0.3) is 0 Å². The summed E-state index contributed by atoms with van der Waals surface area (Å²) in [5, 5.41) is 2.34. The number of rotatable bonds is 4. The minimum atomic E-state index is -0.690. The maximum atomic E-state index is 11.5. The van der Waals surface area contributed by atoms with Crippen molar-refractivity contribution in [2.45, 2.75) is 6.92 Å². The predicted octanol–water partition coefficient (Wildman–Crippen LogP) is 1.95. The summed E-state index contributed by atoms with van der Waals surface area (Å²) >= 11 is 0. The summed E-state index contributed by atoms with van der Waals surface area (Å²) in [4.78, 5) is 22.8. The summed E-state index contributed by atoms with van der Waals surface area (Å²) in [6.07, 6.45) is 0.827. The molecule has 0 atom stereocenters. The van der Waals surface area contributed by atoms with E-state index >= 15 is 0 Å². The van der Waals surface area contributed by atoms with Gasteiger partial charge >= 0.3 is 12.1 Å². The van der Waals surface area contributed by atoms with E-state index in [9.17, 15) is 9.59 Å². The van der Waals surface area contributed by atoms with Crippen molar-refractivity contribution < 1.29 is 19.1 Å². The van der Waals surface area contributed by atoms with Gasteiger partial charge in [0, 0.05) is 0 Å². The predicted molar refractivity (Wildman–Crippen MR) is 66.6 cm³/mol. The fraction of sp³-hybridized carbons (Fsp3) is 0.231. The first-order valence-corrected chi connectivity index (χ1v) is 5.46. The highest BCUT2D eigenvalue weighted by atomic mass is 16.6. The monoisotopic (exact) mass is 249 g/mol. The molecule has 1 amide bonds. The molecule has 0 fully saturated rings. The van der Waals surface area contributed by atoms with Crippen molar-refractivity contribution >= 4 is 18.1 Å². The van der Waals surface area contributed by atoms with Gasteiger partial charge in [0.15, 0.2) is 0 Å². The number of alkyl carbamates (subject to hydrolysis) is 1. The lowest BCUT2D eigenvalue weighted by Gasteiger charge is -2.07. The smallest absolute Gasteiger partial charge is 0.411 e. The fourth-order valence-corrected chi connectivity index (χ4v) is 1.25. The molecule has 0 heterocycles. The summed E-state index contributed by atoms with van der Waals surface area (Å²) in [7, 11) is 1.24. The van der Waals surface area contributed by atoms with Gasteiger partial charge in [-0.3, -0.25) is 5.32 Å². The van der Waals surface area contributed by atoms with Crippen LogP contribution in [0.25, 0.3) is 6.08 Å². The van der Waals surface area contributed by atoms with Gasteiger partial charge in [0.05, 0.1) is 13.7 Å². The molecular weight excluding hydrogens is 234 g/mol. The molecule has 0 aromatic heterocycles. The van der Waals surface area contributed by atoms with Crippen LogP contribution in [0.5, 0.6) is 0 Å². The number of carbonyl (C=O) groups excluding carboxylic acids is 2. The van der Waals surface area contributed by atoms with E-state index in [1.54, 1.807) is 19.1 Å². The first-order valence-electron chi connectivity index (χ1n) is 5.46. The third-order valence-corrected chi connectivity index (χ3v) is 2.03. The summed E-state index contributed by atoms with van der Waals surface area (Å²) < 4.78 is 9.29. The topological polar surface area (TPSA) is 64.6 Å². The first kappa shape index (κ1) is 13.8. The molecular formula is C13H15NO4. The van der Waals surface area contributed by atoms with E-state index in [4.69, 9.17) is 4.74 Å². The van der Waals surface area contributed by atoms with E-state index in [-0.39, 0.29) is 12.3 Å². The summed E-state index contributed by atoms with van der Waals surface area (Å²) in [5.41, 5.74) is 0.803. The van der Waals surface area contributed by atoms with Gasteiger partial charge in [-0.2, -0.15) is 0 Å². The SMILES string of the molecule is CCOC(=O)N/C(=C\c1ccccc1)C(=O)OC. The van der Waals surface area contributed by atoms with Crippen molar-refractivity contribution in [2.75, 3.05) is 13.7 Å². The Bertz CT molecular complexity index is 440. The molecule has 1 aromatic rings. The zero-order valence-corrected chi connectivity index (χ0v) is 10.3. The number of amides is 1. The molecule has 18 heavy (non-hydrogen) atoms. The summed E-state index contributed by atoms with van der Waals surface area (Å²) in [6, 6.07) is 9.11. The Hall–Kier alpha value is -2.30. The Morgan fingerprint density at radius 3 is 2.50 bits per heavy atom. The molecule has 0 spiro atoms. The van der Waals surface area contributed by atoms with Gasteiger partial charge < -0.3 is 9.47 Å². The number of benzene rings is 1. The molecule has 96 valence electrons. The molecule has 0 aliphatic rings.